The minimum absolute atomic E-state index is 0.301. The predicted octanol–water partition coefficient (Wildman–Crippen LogP) is 8.71. The highest BCUT2D eigenvalue weighted by Gasteiger charge is 2.38. The number of anilines is 2. The van der Waals surface area contributed by atoms with E-state index in [-0.39, 0.29) is 0 Å². The van der Waals surface area contributed by atoms with E-state index in [9.17, 15) is 0 Å². The molecular weight excluding hydrogens is 434 g/mol. The van der Waals surface area contributed by atoms with Gasteiger partial charge in [-0.3, -0.25) is 0 Å². The van der Waals surface area contributed by atoms with Gasteiger partial charge in [0.05, 0.1) is 6.04 Å². The third-order valence-corrected chi connectivity index (χ3v) is 8.02. The molecule has 2 atom stereocenters. The van der Waals surface area contributed by atoms with E-state index >= 15 is 0 Å². The summed E-state index contributed by atoms with van der Waals surface area (Å²) in [5, 5.41) is 0. The van der Waals surface area contributed by atoms with Crippen molar-refractivity contribution in [2.45, 2.75) is 38.6 Å². The second kappa shape index (κ2) is 8.38. The monoisotopic (exact) mass is 465 g/mol. The van der Waals surface area contributed by atoms with Gasteiger partial charge >= 0.3 is 0 Å². The van der Waals surface area contributed by atoms with E-state index < -0.39 is 0 Å². The van der Waals surface area contributed by atoms with E-state index in [0.29, 0.717) is 17.9 Å². The molecule has 3 aliphatic rings. The van der Waals surface area contributed by atoms with Gasteiger partial charge in [-0.15, -0.1) is 0 Å². The van der Waals surface area contributed by atoms with Gasteiger partial charge in [-0.1, -0.05) is 98.8 Å². The number of benzene rings is 4. The van der Waals surface area contributed by atoms with Gasteiger partial charge in [0.15, 0.2) is 0 Å². The zero-order chi connectivity index (χ0) is 24.2. The third kappa shape index (κ3) is 3.45. The summed E-state index contributed by atoms with van der Waals surface area (Å²) in [6.07, 6.45) is 9.43. The quantitative estimate of drug-likeness (QED) is 0.256. The number of fused-ring (bicyclic) bond motifs is 6. The minimum atomic E-state index is 0.301. The van der Waals surface area contributed by atoms with Gasteiger partial charge in [0.2, 0.25) is 0 Å². The molecule has 7 rings (SSSR count). The lowest BCUT2D eigenvalue weighted by Gasteiger charge is -2.30. The normalized spacial score (nSPS) is 19.1. The molecule has 0 N–H and O–H groups in total. The zero-order valence-corrected chi connectivity index (χ0v) is 21.0. The Labute approximate surface area is 214 Å². The number of para-hydroxylation sites is 1. The molecule has 1 heterocycles. The van der Waals surface area contributed by atoms with Gasteiger partial charge < -0.3 is 4.90 Å². The Bertz CT molecular complexity index is 1540. The van der Waals surface area contributed by atoms with Crippen LogP contribution in [-0.4, -0.2) is 6.04 Å². The summed E-state index contributed by atoms with van der Waals surface area (Å²) < 4.78 is 0. The molecule has 0 spiro atoms. The molecule has 176 valence electrons. The number of rotatable bonds is 4. The molecule has 0 radical (unpaired) electrons. The van der Waals surface area contributed by atoms with Crippen molar-refractivity contribution in [2.24, 2.45) is 5.92 Å². The highest BCUT2D eigenvalue weighted by atomic mass is 15.2. The first-order valence-electron chi connectivity index (χ1n) is 13.2. The standard InChI is InChI=1S/C35H31N/c1-23(2)18-24-8-7-10-29(19-24)36-34-13-6-5-12-31(34)33-22-26(16-17-35(33)36)25-14-15-28-20-27-9-3-4-11-30(27)32(28)21-25/h3-17,19,21-23,33,35H,18,20H2,1-2H3. The van der Waals surface area contributed by atoms with Gasteiger partial charge in [-0.2, -0.15) is 0 Å². The van der Waals surface area contributed by atoms with Gasteiger partial charge in [-0.25, -0.2) is 0 Å². The third-order valence-electron chi connectivity index (χ3n) is 8.02. The Kier molecular flexibility index (Phi) is 4.99. The summed E-state index contributed by atoms with van der Waals surface area (Å²) in [6, 6.07) is 34.3. The Morgan fingerprint density at radius 1 is 0.806 bits per heavy atom. The fourth-order valence-electron chi connectivity index (χ4n) is 6.45. The van der Waals surface area contributed by atoms with E-state index in [1.807, 2.05) is 0 Å². The van der Waals surface area contributed by atoms with Crippen molar-refractivity contribution in [2.75, 3.05) is 4.90 Å². The molecule has 1 heteroatoms. The van der Waals surface area contributed by atoms with Crippen molar-refractivity contribution in [3.05, 3.63) is 137 Å². The van der Waals surface area contributed by atoms with Crippen LogP contribution in [0.4, 0.5) is 11.4 Å². The molecule has 4 aromatic carbocycles. The van der Waals surface area contributed by atoms with Gasteiger partial charge in [-0.05, 0) is 87.5 Å². The van der Waals surface area contributed by atoms with Crippen LogP contribution in [0.3, 0.4) is 0 Å². The summed E-state index contributed by atoms with van der Waals surface area (Å²) in [6.45, 7) is 4.59. The lowest BCUT2D eigenvalue weighted by molar-refractivity contribution is 0.647. The van der Waals surface area contributed by atoms with E-state index in [1.54, 1.807) is 0 Å². The van der Waals surface area contributed by atoms with Crippen molar-refractivity contribution < 1.29 is 0 Å². The molecule has 2 aliphatic carbocycles. The average Bonchev–Trinajstić information content (AvgIpc) is 3.43. The molecule has 4 aromatic rings. The molecule has 1 nitrogen and oxygen atoms in total. The van der Waals surface area contributed by atoms with Crippen LogP contribution in [0.1, 0.15) is 47.6 Å². The maximum absolute atomic E-state index is 2.55. The fraction of sp³-hybridized carbons (Fsp3) is 0.200. The van der Waals surface area contributed by atoms with Crippen LogP contribution in [-0.2, 0) is 12.8 Å². The minimum Gasteiger partial charge on any atom is -0.333 e. The number of allylic oxidation sites excluding steroid dienone is 2. The molecule has 0 aromatic heterocycles. The largest absolute Gasteiger partial charge is 0.333 e. The summed E-state index contributed by atoms with van der Waals surface area (Å²) in [4.78, 5) is 2.55. The lowest BCUT2D eigenvalue weighted by Crippen LogP contribution is -2.29. The average molecular weight is 466 g/mol. The first kappa shape index (κ1) is 21.4. The van der Waals surface area contributed by atoms with Crippen molar-refractivity contribution >= 4 is 16.9 Å². The molecule has 1 aliphatic heterocycles. The second-order valence-corrected chi connectivity index (χ2v) is 10.9. The molecule has 0 amide bonds. The molecule has 0 bridgehead atoms. The van der Waals surface area contributed by atoms with Crippen molar-refractivity contribution in [1.29, 1.82) is 0 Å². The lowest BCUT2D eigenvalue weighted by atomic mass is 9.85. The van der Waals surface area contributed by atoms with Gasteiger partial charge in [0, 0.05) is 17.3 Å². The highest BCUT2D eigenvalue weighted by Crippen LogP contribution is 2.49. The molecule has 0 saturated carbocycles. The molecular formula is C35H31N. The Morgan fingerprint density at radius 2 is 1.64 bits per heavy atom. The van der Waals surface area contributed by atoms with E-state index in [1.165, 1.54) is 55.9 Å². The van der Waals surface area contributed by atoms with Gasteiger partial charge in [0.25, 0.3) is 0 Å². The molecule has 0 saturated heterocycles. The van der Waals surface area contributed by atoms with Crippen LogP contribution < -0.4 is 4.90 Å². The Hall–Kier alpha value is -3.84. The first-order chi connectivity index (χ1) is 17.7. The van der Waals surface area contributed by atoms with Crippen LogP contribution in [0.25, 0.3) is 16.7 Å². The van der Waals surface area contributed by atoms with Crippen LogP contribution in [0, 0.1) is 5.92 Å². The summed E-state index contributed by atoms with van der Waals surface area (Å²) >= 11 is 0. The van der Waals surface area contributed by atoms with Crippen LogP contribution in [0.2, 0.25) is 0 Å². The zero-order valence-electron chi connectivity index (χ0n) is 21.0. The van der Waals surface area contributed by atoms with E-state index in [0.717, 1.165) is 12.8 Å². The van der Waals surface area contributed by atoms with Crippen LogP contribution >= 0.6 is 0 Å². The number of hydrogen-bond acceptors (Lipinski definition) is 1. The Balaban J connectivity index is 1.27. The SMILES string of the molecule is CC(C)Cc1cccc(N2c3ccccc3C3C=C(c4ccc5c(c4)-c4ccccc4C5)C=CC32)c1. The van der Waals surface area contributed by atoms with E-state index in [4.69, 9.17) is 0 Å². The van der Waals surface area contributed by atoms with Crippen molar-refractivity contribution in [1.82, 2.24) is 0 Å². The Morgan fingerprint density at radius 3 is 2.56 bits per heavy atom. The maximum atomic E-state index is 2.55. The molecule has 0 fully saturated rings. The maximum Gasteiger partial charge on any atom is 0.0630 e. The summed E-state index contributed by atoms with van der Waals surface area (Å²) in [5.41, 5.74) is 13.8. The number of nitrogens with zero attached hydrogens (tertiary/aromatic N) is 1. The predicted molar refractivity (Wildman–Crippen MR) is 152 cm³/mol. The van der Waals surface area contributed by atoms with Crippen LogP contribution in [0.5, 0.6) is 0 Å². The summed E-state index contributed by atoms with van der Waals surface area (Å²) in [7, 11) is 0. The first-order valence-corrected chi connectivity index (χ1v) is 13.2. The topological polar surface area (TPSA) is 3.24 Å². The smallest absolute Gasteiger partial charge is 0.0630 e. The highest BCUT2D eigenvalue weighted by molar-refractivity contribution is 5.86. The van der Waals surface area contributed by atoms with Crippen molar-refractivity contribution in [3.8, 4) is 11.1 Å². The second-order valence-electron chi connectivity index (χ2n) is 10.9. The number of hydrogen-bond donors (Lipinski definition) is 0. The fourth-order valence-corrected chi connectivity index (χ4v) is 6.45. The van der Waals surface area contributed by atoms with Gasteiger partial charge in [0.1, 0.15) is 0 Å². The van der Waals surface area contributed by atoms with E-state index in [2.05, 4.69) is 128 Å². The van der Waals surface area contributed by atoms with Crippen molar-refractivity contribution in [3.63, 3.8) is 0 Å². The summed E-state index contributed by atoms with van der Waals surface area (Å²) in [5.74, 6) is 0.994. The van der Waals surface area contributed by atoms with Crippen LogP contribution in [0.15, 0.2) is 109 Å². The molecule has 36 heavy (non-hydrogen) atoms. The molecule has 2 unspecified atom stereocenters.